The van der Waals surface area contributed by atoms with E-state index in [-0.39, 0.29) is 10.8 Å². The smallest absolute Gasteiger partial charge is 0.262 e. The SMILES string of the molecule is CCCc1noc(C(C)Sc2nc3ccccc3c(=O)n2CCN(C(C)C)C(C)C)n1. The molecule has 8 heteroatoms. The molecule has 1 unspecified atom stereocenters. The summed E-state index contributed by atoms with van der Waals surface area (Å²) < 4.78 is 7.26. The van der Waals surface area contributed by atoms with Crippen molar-refractivity contribution in [2.75, 3.05) is 6.54 Å². The zero-order chi connectivity index (χ0) is 22.5. The largest absolute Gasteiger partial charge is 0.338 e. The molecule has 0 saturated carbocycles. The van der Waals surface area contributed by atoms with Crippen LogP contribution in [-0.4, -0.2) is 43.2 Å². The van der Waals surface area contributed by atoms with Crippen LogP contribution in [0.5, 0.6) is 0 Å². The molecule has 31 heavy (non-hydrogen) atoms. The Morgan fingerprint density at radius 1 is 1.10 bits per heavy atom. The Morgan fingerprint density at radius 2 is 1.81 bits per heavy atom. The third-order valence-electron chi connectivity index (χ3n) is 5.32. The van der Waals surface area contributed by atoms with Gasteiger partial charge in [0.15, 0.2) is 11.0 Å². The van der Waals surface area contributed by atoms with Gasteiger partial charge in [-0.25, -0.2) is 4.98 Å². The summed E-state index contributed by atoms with van der Waals surface area (Å²) in [5.74, 6) is 1.28. The molecule has 0 fully saturated rings. The van der Waals surface area contributed by atoms with Gasteiger partial charge in [-0.3, -0.25) is 14.3 Å². The van der Waals surface area contributed by atoms with Gasteiger partial charge < -0.3 is 4.52 Å². The molecule has 1 aromatic carbocycles. The van der Waals surface area contributed by atoms with Gasteiger partial charge in [0.2, 0.25) is 5.89 Å². The van der Waals surface area contributed by atoms with Crippen molar-refractivity contribution in [2.45, 2.75) is 83.4 Å². The van der Waals surface area contributed by atoms with E-state index in [0.29, 0.717) is 40.6 Å². The first kappa shape index (κ1) is 23.5. The van der Waals surface area contributed by atoms with Gasteiger partial charge in [0.05, 0.1) is 16.2 Å². The molecule has 0 amide bonds. The van der Waals surface area contributed by atoms with Crippen LogP contribution in [0.1, 0.15) is 64.9 Å². The Bertz CT molecular complexity index is 1050. The van der Waals surface area contributed by atoms with E-state index >= 15 is 0 Å². The molecule has 7 nitrogen and oxygen atoms in total. The lowest BCUT2D eigenvalue weighted by Gasteiger charge is -2.31. The van der Waals surface area contributed by atoms with Gasteiger partial charge in [-0.2, -0.15) is 4.98 Å². The zero-order valence-corrected chi connectivity index (χ0v) is 20.1. The molecule has 0 saturated heterocycles. The Labute approximate surface area is 188 Å². The number of hydrogen-bond acceptors (Lipinski definition) is 7. The Kier molecular flexibility index (Phi) is 7.89. The average Bonchev–Trinajstić information content (AvgIpc) is 3.19. The van der Waals surface area contributed by atoms with Crippen molar-refractivity contribution in [1.82, 2.24) is 24.6 Å². The van der Waals surface area contributed by atoms with Crippen molar-refractivity contribution in [3.8, 4) is 0 Å². The van der Waals surface area contributed by atoms with Crippen LogP contribution in [-0.2, 0) is 13.0 Å². The minimum Gasteiger partial charge on any atom is -0.338 e. The highest BCUT2D eigenvalue weighted by atomic mass is 32.2. The lowest BCUT2D eigenvalue weighted by molar-refractivity contribution is 0.166. The van der Waals surface area contributed by atoms with Gasteiger partial charge in [-0.15, -0.1) is 0 Å². The molecule has 0 spiro atoms. The number of nitrogens with zero attached hydrogens (tertiary/aromatic N) is 5. The van der Waals surface area contributed by atoms with E-state index < -0.39 is 0 Å². The molecule has 0 aliphatic heterocycles. The van der Waals surface area contributed by atoms with E-state index in [0.717, 1.165) is 25.2 Å². The van der Waals surface area contributed by atoms with Gasteiger partial charge in [0.25, 0.3) is 5.56 Å². The Hall–Kier alpha value is -2.19. The summed E-state index contributed by atoms with van der Waals surface area (Å²) in [6.07, 6.45) is 1.76. The first-order chi connectivity index (χ1) is 14.8. The van der Waals surface area contributed by atoms with E-state index in [4.69, 9.17) is 9.51 Å². The summed E-state index contributed by atoms with van der Waals surface area (Å²) >= 11 is 1.49. The Morgan fingerprint density at radius 3 is 2.48 bits per heavy atom. The van der Waals surface area contributed by atoms with Gasteiger partial charge >= 0.3 is 0 Å². The maximum atomic E-state index is 13.3. The van der Waals surface area contributed by atoms with Gasteiger partial charge in [-0.05, 0) is 53.2 Å². The summed E-state index contributed by atoms with van der Waals surface area (Å²) in [6.45, 7) is 14.2. The normalized spacial score (nSPS) is 13.1. The summed E-state index contributed by atoms with van der Waals surface area (Å²) in [5, 5.41) is 5.28. The highest BCUT2D eigenvalue weighted by Crippen LogP contribution is 2.33. The van der Waals surface area contributed by atoms with E-state index in [9.17, 15) is 4.79 Å². The first-order valence-electron chi connectivity index (χ1n) is 11.1. The van der Waals surface area contributed by atoms with Crippen LogP contribution < -0.4 is 5.56 Å². The molecule has 2 aromatic heterocycles. The van der Waals surface area contributed by atoms with Crippen LogP contribution in [0.3, 0.4) is 0 Å². The van der Waals surface area contributed by atoms with Crippen molar-refractivity contribution >= 4 is 22.7 Å². The molecule has 0 bridgehead atoms. The topological polar surface area (TPSA) is 77.0 Å². The molecule has 3 rings (SSSR count). The number of hydrogen-bond donors (Lipinski definition) is 0. The molecule has 2 heterocycles. The van der Waals surface area contributed by atoms with E-state index in [2.05, 4.69) is 49.7 Å². The van der Waals surface area contributed by atoms with Crippen molar-refractivity contribution in [1.29, 1.82) is 0 Å². The summed E-state index contributed by atoms with van der Waals surface area (Å²) in [6, 6.07) is 8.32. The molecular weight excluding hydrogens is 410 g/mol. The fourth-order valence-corrected chi connectivity index (χ4v) is 4.69. The number of aryl methyl sites for hydroxylation is 1. The maximum absolute atomic E-state index is 13.3. The van der Waals surface area contributed by atoms with Crippen LogP contribution in [0, 0.1) is 0 Å². The molecule has 0 aliphatic carbocycles. The fraction of sp³-hybridized carbons (Fsp3) is 0.565. The molecule has 0 N–H and O–H groups in total. The van der Waals surface area contributed by atoms with Crippen LogP contribution in [0.25, 0.3) is 10.9 Å². The predicted molar refractivity (Wildman–Crippen MR) is 126 cm³/mol. The summed E-state index contributed by atoms with van der Waals surface area (Å²) in [7, 11) is 0. The second kappa shape index (κ2) is 10.4. The lowest BCUT2D eigenvalue weighted by Crippen LogP contribution is -2.40. The Balaban J connectivity index is 1.94. The second-order valence-electron chi connectivity index (χ2n) is 8.35. The monoisotopic (exact) mass is 443 g/mol. The van der Waals surface area contributed by atoms with Crippen LogP contribution in [0.4, 0.5) is 0 Å². The van der Waals surface area contributed by atoms with E-state index in [1.165, 1.54) is 11.8 Å². The minimum atomic E-state index is -0.108. The zero-order valence-electron chi connectivity index (χ0n) is 19.3. The van der Waals surface area contributed by atoms with Gasteiger partial charge in [0.1, 0.15) is 0 Å². The highest BCUT2D eigenvalue weighted by molar-refractivity contribution is 7.99. The third kappa shape index (κ3) is 5.54. The molecular formula is C23H33N5O2S. The van der Waals surface area contributed by atoms with Gasteiger partial charge in [0, 0.05) is 31.6 Å². The summed E-state index contributed by atoms with van der Waals surface area (Å²) in [4.78, 5) is 25.1. The molecule has 0 radical (unpaired) electrons. The third-order valence-corrected chi connectivity index (χ3v) is 6.40. The second-order valence-corrected chi connectivity index (χ2v) is 9.66. The average molecular weight is 444 g/mol. The lowest BCUT2D eigenvalue weighted by atomic mass is 10.2. The number of rotatable bonds is 10. The minimum absolute atomic E-state index is 0.00929. The highest BCUT2D eigenvalue weighted by Gasteiger charge is 2.21. The maximum Gasteiger partial charge on any atom is 0.262 e. The number of fused-ring (bicyclic) bond motifs is 1. The fourth-order valence-electron chi connectivity index (χ4n) is 3.73. The molecule has 1 atom stereocenters. The molecule has 168 valence electrons. The summed E-state index contributed by atoms with van der Waals surface area (Å²) in [5.41, 5.74) is 0.699. The van der Waals surface area contributed by atoms with Crippen LogP contribution >= 0.6 is 11.8 Å². The molecule has 0 aliphatic rings. The molecule has 3 aromatic rings. The predicted octanol–water partition coefficient (Wildman–Crippen LogP) is 4.70. The number of aromatic nitrogens is 4. The van der Waals surface area contributed by atoms with E-state index in [1.54, 1.807) is 4.57 Å². The van der Waals surface area contributed by atoms with Crippen molar-refractivity contribution in [3.05, 3.63) is 46.3 Å². The van der Waals surface area contributed by atoms with Crippen molar-refractivity contribution in [2.24, 2.45) is 0 Å². The van der Waals surface area contributed by atoms with Gasteiger partial charge in [-0.1, -0.05) is 36.0 Å². The number of benzene rings is 1. The number of thioether (sulfide) groups is 1. The number of para-hydroxylation sites is 1. The van der Waals surface area contributed by atoms with Crippen LogP contribution in [0.2, 0.25) is 0 Å². The van der Waals surface area contributed by atoms with Crippen molar-refractivity contribution in [3.63, 3.8) is 0 Å². The quantitative estimate of drug-likeness (QED) is 0.332. The van der Waals surface area contributed by atoms with Crippen LogP contribution in [0.15, 0.2) is 38.7 Å². The first-order valence-corrected chi connectivity index (χ1v) is 11.9. The van der Waals surface area contributed by atoms with E-state index in [1.807, 2.05) is 31.2 Å². The standard InChI is InChI=1S/C23H33N5O2S/c1-7-10-20-25-21(30-26-20)17(6)31-23-24-19-12-9-8-11-18(19)22(29)28(23)14-13-27(15(2)3)16(4)5/h8-9,11-12,15-17H,7,10,13-14H2,1-6H3. The van der Waals surface area contributed by atoms with Crippen molar-refractivity contribution < 1.29 is 4.52 Å².